The van der Waals surface area contributed by atoms with Gasteiger partial charge in [-0.3, -0.25) is 0 Å². The highest BCUT2D eigenvalue weighted by atomic mass is 31.0. The molecule has 1 saturated heterocycles. The molecule has 0 aromatic rings. The van der Waals surface area contributed by atoms with E-state index in [0.717, 1.165) is 25.7 Å². The van der Waals surface area contributed by atoms with E-state index in [9.17, 15) is 10.2 Å². The van der Waals surface area contributed by atoms with Gasteiger partial charge in [-0.25, -0.2) is 0 Å². The second kappa shape index (κ2) is 6.58. The molecule has 5 heteroatoms. The minimum absolute atomic E-state index is 0.0407. The molecular formula is C15H29O4P. The van der Waals surface area contributed by atoms with Gasteiger partial charge in [0, 0.05) is 22.3 Å². The molecule has 20 heavy (non-hydrogen) atoms. The minimum atomic E-state index is -0.616. The summed E-state index contributed by atoms with van der Waals surface area (Å²) in [5, 5.41) is 20.0. The standard InChI is InChI=1S/C15H29O4P/c1-4-15(2,3)13(16)6-5-9-10-7-14(17)18-11(10)8-12(9)19-20/h9-14,16-17H,4-8,20H2,1-3H3. The van der Waals surface area contributed by atoms with Gasteiger partial charge in [-0.1, -0.05) is 20.8 Å². The van der Waals surface area contributed by atoms with Crippen molar-refractivity contribution in [1.29, 1.82) is 0 Å². The number of fused-ring (bicyclic) bond motifs is 1. The molecule has 2 aliphatic rings. The molecule has 0 radical (unpaired) electrons. The van der Waals surface area contributed by atoms with Crippen molar-refractivity contribution in [1.82, 2.24) is 0 Å². The molecule has 0 amide bonds. The first-order valence-electron chi connectivity index (χ1n) is 7.76. The van der Waals surface area contributed by atoms with E-state index in [2.05, 4.69) is 30.2 Å². The zero-order valence-electron chi connectivity index (χ0n) is 12.8. The van der Waals surface area contributed by atoms with Gasteiger partial charge in [0.15, 0.2) is 6.29 Å². The number of aliphatic hydroxyl groups is 2. The molecule has 1 aliphatic carbocycles. The first-order chi connectivity index (χ1) is 9.39. The lowest BCUT2D eigenvalue weighted by atomic mass is 9.79. The van der Waals surface area contributed by atoms with Gasteiger partial charge >= 0.3 is 0 Å². The van der Waals surface area contributed by atoms with E-state index in [1.807, 2.05) is 0 Å². The zero-order chi connectivity index (χ0) is 14.9. The van der Waals surface area contributed by atoms with Crippen molar-refractivity contribution in [2.45, 2.75) is 77.5 Å². The van der Waals surface area contributed by atoms with Crippen LogP contribution in [0.25, 0.3) is 0 Å². The summed E-state index contributed by atoms with van der Waals surface area (Å²) < 4.78 is 11.1. The molecule has 2 rings (SSSR count). The summed E-state index contributed by atoms with van der Waals surface area (Å²) in [5.74, 6) is 0.740. The summed E-state index contributed by atoms with van der Waals surface area (Å²) in [6.07, 6.45) is 3.62. The molecule has 0 aromatic heterocycles. The van der Waals surface area contributed by atoms with E-state index in [0.29, 0.717) is 18.3 Å². The van der Waals surface area contributed by atoms with Crippen LogP contribution in [0.15, 0.2) is 0 Å². The quantitative estimate of drug-likeness (QED) is 0.740. The normalized spacial score (nSPS) is 39.0. The van der Waals surface area contributed by atoms with Gasteiger partial charge in [-0.15, -0.1) is 0 Å². The predicted octanol–water partition coefficient (Wildman–Crippen LogP) is 2.48. The van der Waals surface area contributed by atoms with Gasteiger partial charge in [0.2, 0.25) is 0 Å². The van der Waals surface area contributed by atoms with Crippen LogP contribution in [0, 0.1) is 17.3 Å². The Morgan fingerprint density at radius 3 is 2.70 bits per heavy atom. The molecule has 118 valence electrons. The lowest BCUT2D eigenvalue weighted by Crippen LogP contribution is -2.30. The monoisotopic (exact) mass is 304 g/mol. The van der Waals surface area contributed by atoms with E-state index in [1.54, 1.807) is 0 Å². The van der Waals surface area contributed by atoms with Crippen molar-refractivity contribution in [2.24, 2.45) is 17.3 Å². The third-order valence-corrected chi connectivity index (χ3v) is 5.89. The largest absolute Gasteiger partial charge is 0.393 e. The molecule has 2 fully saturated rings. The second-order valence-corrected chi connectivity index (χ2v) is 7.31. The first kappa shape index (κ1) is 16.6. The summed E-state index contributed by atoms with van der Waals surface area (Å²) in [7, 11) is 2.36. The third-order valence-electron chi connectivity index (χ3n) is 5.54. The van der Waals surface area contributed by atoms with Crippen molar-refractivity contribution in [3.8, 4) is 0 Å². The molecule has 4 nitrogen and oxygen atoms in total. The Balaban J connectivity index is 1.93. The smallest absolute Gasteiger partial charge is 0.155 e. The maximum atomic E-state index is 10.4. The maximum Gasteiger partial charge on any atom is 0.155 e. The Morgan fingerprint density at radius 2 is 2.10 bits per heavy atom. The van der Waals surface area contributed by atoms with Crippen LogP contribution < -0.4 is 0 Å². The zero-order valence-corrected chi connectivity index (χ0v) is 13.9. The predicted molar refractivity (Wildman–Crippen MR) is 81.0 cm³/mol. The maximum absolute atomic E-state index is 10.4. The van der Waals surface area contributed by atoms with Crippen LogP contribution in [-0.2, 0) is 9.26 Å². The summed E-state index contributed by atoms with van der Waals surface area (Å²) in [6, 6.07) is 0. The van der Waals surface area contributed by atoms with Crippen LogP contribution in [0.3, 0.4) is 0 Å². The lowest BCUT2D eigenvalue weighted by molar-refractivity contribution is -0.0939. The molecule has 0 spiro atoms. The van der Waals surface area contributed by atoms with E-state index >= 15 is 0 Å². The highest BCUT2D eigenvalue weighted by molar-refractivity contribution is 7.09. The summed E-state index contributed by atoms with van der Waals surface area (Å²) in [4.78, 5) is 0. The first-order valence-corrected chi connectivity index (χ1v) is 8.23. The second-order valence-electron chi connectivity index (χ2n) is 7.04. The fourth-order valence-electron chi connectivity index (χ4n) is 3.64. The van der Waals surface area contributed by atoms with Gasteiger partial charge in [0.25, 0.3) is 0 Å². The Labute approximate surface area is 124 Å². The van der Waals surface area contributed by atoms with Gasteiger partial charge in [0.1, 0.15) is 0 Å². The van der Waals surface area contributed by atoms with Crippen LogP contribution in [0.1, 0.15) is 52.9 Å². The van der Waals surface area contributed by atoms with E-state index in [-0.39, 0.29) is 23.7 Å². The van der Waals surface area contributed by atoms with Crippen LogP contribution >= 0.6 is 9.47 Å². The van der Waals surface area contributed by atoms with Gasteiger partial charge in [-0.2, -0.15) is 0 Å². The third kappa shape index (κ3) is 3.36. The van der Waals surface area contributed by atoms with Gasteiger partial charge in [-0.05, 0) is 36.5 Å². The number of hydrogen-bond donors (Lipinski definition) is 2. The average Bonchev–Trinajstić information content (AvgIpc) is 2.91. The van der Waals surface area contributed by atoms with Crippen molar-refractivity contribution in [3.63, 3.8) is 0 Å². The molecule has 1 aliphatic heterocycles. The number of rotatable bonds is 6. The van der Waals surface area contributed by atoms with Crippen molar-refractivity contribution in [3.05, 3.63) is 0 Å². The highest BCUT2D eigenvalue weighted by Gasteiger charge is 2.49. The Bertz CT molecular complexity index is 323. The van der Waals surface area contributed by atoms with Crippen LogP contribution in [0.5, 0.6) is 0 Å². The van der Waals surface area contributed by atoms with Crippen molar-refractivity contribution < 1.29 is 19.5 Å². The topological polar surface area (TPSA) is 58.9 Å². The molecule has 0 bridgehead atoms. The van der Waals surface area contributed by atoms with Gasteiger partial charge < -0.3 is 19.5 Å². The fraction of sp³-hybridized carbons (Fsp3) is 1.00. The number of ether oxygens (including phenoxy) is 1. The van der Waals surface area contributed by atoms with Crippen LogP contribution in [-0.4, -0.2) is 34.8 Å². The van der Waals surface area contributed by atoms with Crippen molar-refractivity contribution in [2.75, 3.05) is 0 Å². The number of hydrogen-bond acceptors (Lipinski definition) is 4. The van der Waals surface area contributed by atoms with Crippen LogP contribution in [0.2, 0.25) is 0 Å². The molecule has 7 atom stereocenters. The lowest BCUT2D eigenvalue weighted by Gasteiger charge is -2.31. The molecule has 1 heterocycles. The summed E-state index contributed by atoms with van der Waals surface area (Å²) in [5.41, 5.74) is -0.0407. The van der Waals surface area contributed by atoms with E-state index < -0.39 is 6.29 Å². The van der Waals surface area contributed by atoms with Crippen molar-refractivity contribution >= 4 is 9.47 Å². The molecule has 0 aromatic carbocycles. The SMILES string of the molecule is CCC(C)(C)C(O)CCC1C(OP)CC2OC(O)CC21. The Kier molecular flexibility index (Phi) is 5.47. The summed E-state index contributed by atoms with van der Waals surface area (Å²) >= 11 is 0. The van der Waals surface area contributed by atoms with E-state index in [1.165, 1.54) is 0 Å². The molecule has 7 unspecified atom stereocenters. The Morgan fingerprint density at radius 1 is 1.40 bits per heavy atom. The molecular weight excluding hydrogens is 275 g/mol. The number of aliphatic hydroxyl groups excluding tert-OH is 2. The Hall–Kier alpha value is 0.270. The highest BCUT2D eigenvalue weighted by Crippen LogP contribution is 2.47. The van der Waals surface area contributed by atoms with Crippen LogP contribution in [0.4, 0.5) is 0 Å². The van der Waals surface area contributed by atoms with Gasteiger partial charge in [0.05, 0.1) is 18.3 Å². The minimum Gasteiger partial charge on any atom is -0.393 e. The summed E-state index contributed by atoms with van der Waals surface area (Å²) in [6.45, 7) is 6.34. The van der Waals surface area contributed by atoms with E-state index in [4.69, 9.17) is 9.26 Å². The molecule has 1 saturated carbocycles. The fourth-order valence-corrected chi connectivity index (χ4v) is 3.95. The molecule has 2 N–H and O–H groups in total. The average molecular weight is 304 g/mol.